The van der Waals surface area contributed by atoms with Crippen molar-refractivity contribution in [2.75, 3.05) is 0 Å². The second kappa shape index (κ2) is 23.1. The zero-order valence-corrected chi connectivity index (χ0v) is 21.2. The molecule has 2 atom stereocenters. The number of nitrogens with one attached hydrogen (secondary N) is 1. The minimum Gasteiger partial charge on any atom is -0.481 e. The summed E-state index contributed by atoms with van der Waals surface area (Å²) >= 11 is 0. The van der Waals surface area contributed by atoms with Crippen molar-refractivity contribution in [1.29, 1.82) is 0 Å². The van der Waals surface area contributed by atoms with Crippen molar-refractivity contribution in [2.45, 2.75) is 124 Å². The molecule has 2 aliphatic rings. The molecule has 0 radical (unpaired) electrons. The summed E-state index contributed by atoms with van der Waals surface area (Å²) in [4.78, 5) is 20.1. The van der Waals surface area contributed by atoms with Gasteiger partial charge in [0.05, 0.1) is 6.10 Å². The highest BCUT2D eigenvalue weighted by Crippen LogP contribution is 2.49. The van der Waals surface area contributed by atoms with Crippen molar-refractivity contribution >= 4 is 11.9 Å². The Morgan fingerprint density at radius 2 is 1.68 bits per heavy atom. The fourth-order valence-corrected chi connectivity index (χ4v) is 3.47. The number of carboxylic acids is 1. The van der Waals surface area contributed by atoms with E-state index in [1.165, 1.54) is 44.9 Å². The molecule has 0 spiro atoms. The monoisotopic (exact) mass is 441 g/mol. The summed E-state index contributed by atoms with van der Waals surface area (Å²) < 4.78 is 0. The van der Waals surface area contributed by atoms with Crippen LogP contribution in [0.3, 0.4) is 0 Å². The normalized spacial score (nSPS) is 18.3. The Kier molecular flexibility index (Phi) is 25.3. The standard InChI is InChI=1S/C15H27NO2.C3H8.2C3H6.C2H4O2/c1-2-3-9-15(10-4-11-15)13(17)7-5-12-6-8-14(18)16-12;3*1-3-2;1-2(3)4/h12-13,17H,2-11H2,1H3,(H,16,18);3H2,1-2H3;2*3H,1H2,2H3;1H3,(H,3,4). The van der Waals surface area contributed by atoms with Gasteiger partial charge in [0, 0.05) is 19.4 Å². The molecule has 31 heavy (non-hydrogen) atoms. The molecule has 5 nitrogen and oxygen atoms in total. The Morgan fingerprint density at radius 3 is 1.97 bits per heavy atom. The van der Waals surface area contributed by atoms with Gasteiger partial charge in [-0.05, 0) is 57.8 Å². The van der Waals surface area contributed by atoms with Gasteiger partial charge in [0.25, 0.3) is 5.97 Å². The SMILES string of the molecule is C=CC.C=CC.CC(=O)O.CCC.CCCCC1(C(O)CCC2CCC(=O)N2)CCC1. The number of hydrogen-bond acceptors (Lipinski definition) is 3. The van der Waals surface area contributed by atoms with E-state index >= 15 is 0 Å². The first-order valence-corrected chi connectivity index (χ1v) is 11.9. The number of aliphatic carboxylic acids is 1. The molecule has 1 aliphatic carbocycles. The summed E-state index contributed by atoms with van der Waals surface area (Å²) in [5, 5.41) is 20.9. The largest absolute Gasteiger partial charge is 0.481 e. The Balaban J connectivity index is -0.000000500. The second-order valence-corrected chi connectivity index (χ2v) is 8.26. The lowest BCUT2D eigenvalue weighted by Crippen LogP contribution is -2.42. The van der Waals surface area contributed by atoms with Gasteiger partial charge in [-0.15, -0.1) is 13.2 Å². The van der Waals surface area contributed by atoms with Crippen LogP contribution in [0.5, 0.6) is 0 Å². The maximum Gasteiger partial charge on any atom is 0.300 e. The zero-order valence-electron chi connectivity index (χ0n) is 21.2. The summed E-state index contributed by atoms with van der Waals surface area (Å²) in [6.45, 7) is 18.0. The van der Waals surface area contributed by atoms with E-state index in [0.29, 0.717) is 12.5 Å². The highest BCUT2D eigenvalue weighted by atomic mass is 16.4. The third-order valence-corrected chi connectivity index (χ3v) is 4.96. The van der Waals surface area contributed by atoms with Crippen LogP contribution < -0.4 is 5.32 Å². The van der Waals surface area contributed by atoms with E-state index in [9.17, 15) is 9.90 Å². The van der Waals surface area contributed by atoms with Crippen LogP contribution in [0.25, 0.3) is 0 Å². The van der Waals surface area contributed by atoms with Gasteiger partial charge in [-0.25, -0.2) is 0 Å². The number of unbranched alkanes of at least 4 members (excludes halogenated alkanes) is 1. The second-order valence-electron chi connectivity index (χ2n) is 8.26. The predicted octanol–water partition coefficient (Wildman–Crippen LogP) is 6.66. The molecule has 1 heterocycles. The van der Waals surface area contributed by atoms with Crippen molar-refractivity contribution < 1.29 is 19.8 Å². The van der Waals surface area contributed by atoms with Gasteiger partial charge in [-0.2, -0.15) is 0 Å². The Hall–Kier alpha value is -1.62. The smallest absolute Gasteiger partial charge is 0.300 e. The molecule has 1 aliphatic heterocycles. The molecule has 184 valence electrons. The molecule has 0 aromatic carbocycles. The highest BCUT2D eigenvalue weighted by molar-refractivity contribution is 5.78. The quantitative estimate of drug-likeness (QED) is 0.386. The molecule has 5 heteroatoms. The van der Waals surface area contributed by atoms with Gasteiger partial charge < -0.3 is 15.5 Å². The Morgan fingerprint density at radius 1 is 1.23 bits per heavy atom. The lowest BCUT2D eigenvalue weighted by molar-refractivity contribution is -0.134. The molecule has 0 bridgehead atoms. The lowest BCUT2D eigenvalue weighted by Gasteiger charge is -2.46. The van der Waals surface area contributed by atoms with Crippen LogP contribution in [-0.2, 0) is 9.59 Å². The minimum absolute atomic E-state index is 0.157. The molecule has 2 unspecified atom stereocenters. The maximum atomic E-state index is 11.1. The predicted molar refractivity (Wildman–Crippen MR) is 133 cm³/mol. The van der Waals surface area contributed by atoms with E-state index in [-0.39, 0.29) is 17.4 Å². The van der Waals surface area contributed by atoms with E-state index in [2.05, 4.69) is 39.2 Å². The first kappa shape index (κ1) is 34.0. The van der Waals surface area contributed by atoms with Crippen LogP contribution in [0.15, 0.2) is 25.3 Å². The van der Waals surface area contributed by atoms with Crippen LogP contribution in [0.4, 0.5) is 0 Å². The van der Waals surface area contributed by atoms with Crippen molar-refractivity contribution in [3.05, 3.63) is 25.3 Å². The molecular formula is C26H51NO4. The number of rotatable bonds is 7. The number of aliphatic hydroxyl groups is 1. The number of carbonyl (C=O) groups excluding carboxylic acids is 1. The maximum absolute atomic E-state index is 11.1. The molecule has 1 saturated heterocycles. The molecule has 1 amide bonds. The van der Waals surface area contributed by atoms with Crippen LogP contribution in [-0.4, -0.2) is 34.2 Å². The fraction of sp³-hybridized carbons (Fsp3) is 0.769. The molecule has 2 fully saturated rings. The number of aliphatic hydroxyl groups excluding tert-OH is 1. The van der Waals surface area contributed by atoms with Gasteiger partial charge in [-0.1, -0.05) is 58.6 Å². The number of hydrogen-bond donors (Lipinski definition) is 3. The van der Waals surface area contributed by atoms with Crippen LogP contribution in [0, 0.1) is 5.41 Å². The molecule has 0 aromatic heterocycles. The summed E-state index contributed by atoms with van der Waals surface area (Å²) in [5.74, 6) is -0.654. The topological polar surface area (TPSA) is 86.6 Å². The van der Waals surface area contributed by atoms with Gasteiger partial charge in [0.1, 0.15) is 0 Å². The molecular weight excluding hydrogens is 390 g/mol. The summed E-state index contributed by atoms with van der Waals surface area (Å²) in [6.07, 6.45) is 15.3. The Bertz CT molecular complexity index is 448. The van der Waals surface area contributed by atoms with E-state index in [0.717, 1.165) is 26.2 Å². The number of carboxylic acid groups (broad SMARTS) is 1. The lowest BCUT2D eigenvalue weighted by atomic mass is 9.61. The average molecular weight is 442 g/mol. The number of carbonyl (C=O) groups is 2. The van der Waals surface area contributed by atoms with Gasteiger partial charge in [0.2, 0.25) is 5.91 Å². The summed E-state index contributed by atoms with van der Waals surface area (Å²) in [5.41, 5.74) is 0.221. The number of amides is 1. The van der Waals surface area contributed by atoms with E-state index < -0.39 is 5.97 Å². The van der Waals surface area contributed by atoms with E-state index in [1.54, 1.807) is 12.2 Å². The molecule has 2 rings (SSSR count). The third kappa shape index (κ3) is 20.1. The minimum atomic E-state index is -0.833. The third-order valence-electron chi connectivity index (χ3n) is 4.96. The first-order valence-electron chi connectivity index (χ1n) is 11.9. The van der Waals surface area contributed by atoms with Crippen LogP contribution in [0.2, 0.25) is 0 Å². The first-order chi connectivity index (χ1) is 14.6. The zero-order chi connectivity index (χ0) is 24.7. The highest BCUT2D eigenvalue weighted by Gasteiger charge is 2.42. The fourth-order valence-electron chi connectivity index (χ4n) is 3.47. The van der Waals surface area contributed by atoms with Crippen molar-refractivity contribution in [2.24, 2.45) is 5.41 Å². The molecule has 1 saturated carbocycles. The summed E-state index contributed by atoms with van der Waals surface area (Å²) in [6, 6.07) is 0.315. The van der Waals surface area contributed by atoms with Gasteiger partial charge in [0.15, 0.2) is 0 Å². The Labute approximate surface area is 192 Å². The van der Waals surface area contributed by atoms with Crippen LogP contribution >= 0.6 is 0 Å². The van der Waals surface area contributed by atoms with Crippen molar-refractivity contribution in [3.63, 3.8) is 0 Å². The van der Waals surface area contributed by atoms with E-state index in [1.807, 2.05) is 13.8 Å². The summed E-state index contributed by atoms with van der Waals surface area (Å²) in [7, 11) is 0. The number of allylic oxidation sites excluding steroid dienone is 2. The van der Waals surface area contributed by atoms with Crippen LogP contribution in [0.1, 0.15) is 112 Å². The van der Waals surface area contributed by atoms with E-state index in [4.69, 9.17) is 9.90 Å². The average Bonchev–Trinajstić information content (AvgIpc) is 3.06. The van der Waals surface area contributed by atoms with Gasteiger partial charge >= 0.3 is 0 Å². The molecule has 0 aromatic rings. The van der Waals surface area contributed by atoms with Gasteiger partial charge in [-0.3, -0.25) is 9.59 Å². The van der Waals surface area contributed by atoms with Crippen molar-refractivity contribution in [3.8, 4) is 0 Å². The molecule has 3 N–H and O–H groups in total. The van der Waals surface area contributed by atoms with Crippen molar-refractivity contribution in [1.82, 2.24) is 5.32 Å².